The van der Waals surface area contributed by atoms with Gasteiger partial charge in [0.05, 0.1) is 13.2 Å². The number of urea groups is 1. The fourth-order valence-electron chi connectivity index (χ4n) is 1.83. The van der Waals surface area contributed by atoms with Gasteiger partial charge in [-0.1, -0.05) is 12.1 Å². The highest BCUT2D eigenvalue weighted by atomic mass is 16.7. The second-order valence-corrected chi connectivity index (χ2v) is 4.48. The molecular weight excluding hydrogens is 284 g/mol. The normalized spacial score (nSPS) is 10.5. The zero-order chi connectivity index (χ0) is 16.2. The van der Waals surface area contributed by atoms with Crippen LogP contribution in [0.3, 0.4) is 0 Å². The fraction of sp³-hybridized carbons (Fsp3) is 0.562. The van der Waals surface area contributed by atoms with E-state index in [1.807, 2.05) is 45.0 Å². The van der Waals surface area contributed by atoms with E-state index in [9.17, 15) is 4.79 Å². The summed E-state index contributed by atoms with van der Waals surface area (Å²) in [5, 5.41) is 5.52. The van der Waals surface area contributed by atoms with E-state index in [-0.39, 0.29) is 6.03 Å². The van der Waals surface area contributed by atoms with Crippen molar-refractivity contribution in [3.63, 3.8) is 0 Å². The molecule has 22 heavy (non-hydrogen) atoms. The van der Waals surface area contributed by atoms with Crippen LogP contribution >= 0.6 is 0 Å². The fourth-order valence-corrected chi connectivity index (χ4v) is 1.83. The lowest BCUT2D eigenvalue weighted by Gasteiger charge is -2.17. The predicted molar refractivity (Wildman–Crippen MR) is 84.9 cm³/mol. The summed E-state index contributed by atoms with van der Waals surface area (Å²) >= 11 is 0. The van der Waals surface area contributed by atoms with Gasteiger partial charge in [0.1, 0.15) is 5.75 Å². The van der Waals surface area contributed by atoms with Crippen molar-refractivity contribution in [3.8, 4) is 5.75 Å². The van der Waals surface area contributed by atoms with Crippen molar-refractivity contribution < 1.29 is 19.0 Å². The van der Waals surface area contributed by atoms with E-state index in [0.29, 0.717) is 32.9 Å². The van der Waals surface area contributed by atoms with E-state index in [1.165, 1.54) is 0 Å². The highest BCUT2D eigenvalue weighted by Gasteiger charge is 2.09. The molecule has 0 atom stereocenters. The zero-order valence-corrected chi connectivity index (χ0v) is 13.6. The second kappa shape index (κ2) is 10.9. The largest absolute Gasteiger partial charge is 0.494 e. The highest BCUT2D eigenvalue weighted by molar-refractivity contribution is 5.73. The lowest BCUT2D eigenvalue weighted by molar-refractivity contribution is -0.131. The first-order valence-corrected chi connectivity index (χ1v) is 7.66. The number of rotatable bonds is 10. The van der Waals surface area contributed by atoms with Gasteiger partial charge >= 0.3 is 6.03 Å². The van der Waals surface area contributed by atoms with E-state index >= 15 is 0 Å². The molecule has 0 aliphatic rings. The van der Waals surface area contributed by atoms with Gasteiger partial charge in [-0.25, -0.2) is 4.79 Å². The SMILES string of the molecule is CCOc1ccc(CNC(=O)NCC(OCC)OCC)cc1. The minimum Gasteiger partial charge on any atom is -0.494 e. The maximum Gasteiger partial charge on any atom is 0.315 e. The lowest BCUT2D eigenvalue weighted by Crippen LogP contribution is -2.41. The van der Waals surface area contributed by atoms with Crippen LogP contribution in [0.1, 0.15) is 26.3 Å². The number of hydrogen-bond donors (Lipinski definition) is 2. The summed E-state index contributed by atoms with van der Waals surface area (Å²) < 4.78 is 16.1. The highest BCUT2D eigenvalue weighted by Crippen LogP contribution is 2.11. The molecule has 0 aromatic heterocycles. The molecule has 2 N–H and O–H groups in total. The number of hydrogen-bond acceptors (Lipinski definition) is 4. The Hall–Kier alpha value is -1.79. The quantitative estimate of drug-likeness (QED) is 0.651. The average Bonchev–Trinajstić information content (AvgIpc) is 2.53. The van der Waals surface area contributed by atoms with Crippen LogP contribution in [0.5, 0.6) is 5.75 Å². The predicted octanol–water partition coefficient (Wildman–Crippen LogP) is 2.28. The van der Waals surface area contributed by atoms with Crippen molar-refractivity contribution in [1.82, 2.24) is 10.6 Å². The van der Waals surface area contributed by atoms with Gasteiger partial charge in [-0.2, -0.15) is 0 Å². The van der Waals surface area contributed by atoms with Gasteiger partial charge < -0.3 is 24.8 Å². The second-order valence-electron chi connectivity index (χ2n) is 4.48. The molecule has 1 aromatic rings. The van der Waals surface area contributed by atoms with Gasteiger partial charge in [-0.15, -0.1) is 0 Å². The number of nitrogens with one attached hydrogen (secondary N) is 2. The van der Waals surface area contributed by atoms with Crippen molar-refractivity contribution in [3.05, 3.63) is 29.8 Å². The number of benzene rings is 1. The Kier molecular flexibility index (Phi) is 9.02. The Morgan fingerprint density at radius 3 is 2.18 bits per heavy atom. The van der Waals surface area contributed by atoms with E-state index < -0.39 is 6.29 Å². The standard InChI is InChI=1S/C16H26N2O4/c1-4-20-14-9-7-13(8-10-14)11-17-16(19)18-12-15(21-5-2)22-6-3/h7-10,15H,4-6,11-12H2,1-3H3,(H2,17,18,19). The summed E-state index contributed by atoms with van der Waals surface area (Å²) in [6, 6.07) is 7.37. The van der Waals surface area contributed by atoms with E-state index in [2.05, 4.69) is 10.6 Å². The van der Waals surface area contributed by atoms with Gasteiger partial charge in [0, 0.05) is 19.8 Å². The third-order valence-corrected chi connectivity index (χ3v) is 2.82. The molecule has 124 valence electrons. The number of carbonyl (C=O) groups excluding carboxylic acids is 1. The maximum atomic E-state index is 11.7. The summed E-state index contributed by atoms with van der Waals surface area (Å²) in [6.45, 7) is 8.21. The zero-order valence-electron chi connectivity index (χ0n) is 13.6. The summed E-state index contributed by atoms with van der Waals surface area (Å²) in [5.74, 6) is 0.826. The van der Waals surface area contributed by atoms with Crippen LogP contribution in [0.2, 0.25) is 0 Å². The van der Waals surface area contributed by atoms with Crippen LogP contribution < -0.4 is 15.4 Å². The van der Waals surface area contributed by atoms with Crippen LogP contribution in [0.4, 0.5) is 4.79 Å². The third kappa shape index (κ3) is 7.28. The van der Waals surface area contributed by atoms with Crippen molar-refractivity contribution in [1.29, 1.82) is 0 Å². The summed E-state index contributed by atoms with van der Waals surface area (Å²) in [7, 11) is 0. The third-order valence-electron chi connectivity index (χ3n) is 2.82. The minimum atomic E-state index is -0.411. The van der Waals surface area contributed by atoms with Crippen LogP contribution in [0.15, 0.2) is 24.3 Å². The maximum absolute atomic E-state index is 11.7. The van der Waals surface area contributed by atoms with Crippen molar-refractivity contribution in [2.24, 2.45) is 0 Å². The molecule has 2 amide bonds. The number of ether oxygens (including phenoxy) is 3. The Morgan fingerprint density at radius 2 is 1.64 bits per heavy atom. The van der Waals surface area contributed by atoms with Crippen molar-refractivity contribution in [2.75, 3.05) is 26.4 Å². The number of amides is 2. The molecule has 0 fully saturated rings. The van der Waals surface area contributed by atoms with E-state index in [0.717, 1.165) is 11.3 Å². The van der Waals surface area contributed by atoms with E-state index in [1.54, 1.807) is 0 Å². The van der Waals surface area contributed by atoms with Gasteiger partial charge in [-0.3, -0.25) is 0 Å². The first-order chi connectivity index (χ1) is 10.7. The Bertz CT molecular complexity index is 417. The molecule has 0 aliphatic carbocycles. The molecule has 0 radical (unpaired) electrons. The molecule has 0 saturated heterocycles. The number of carbonyl (C=O) groups is 1. The molecule has 0 saturated carbocycles. The van der Waals surface area contributed by atoms with Gasteiger partial charge in [0.15, 0.2) is 6.29 Å². The topological polar surface area (TPSA) is 68.8 Å². The Morgan fingerprint density at radius 1 is 1.00 bits per heavy atom. The molecular formula is C16H26N2O4. The molecule has 6 heteroatoms. The van der Waals surface area contributed by atoms with Crippen LogP contribution in [0, 0.1) is 0 Å². The summed E-state index contributed by atoms with van der Waals surface area (Å²) in [6.07, 6.45) is -0.411. The first kappa shape index (κ1) is 18.3. The van der Waals surface area contributed by atoms with Gasteiger partial charge in [0.25, 0.3) is 0 Å². The van der Waals surface area contributed by atoms with Gasteiger partial charge in [0.2, 0.25) is 0 Å². The molecule has 0 heterocycles. The van der Waals surface area contributed by atoms with Crippen molar-refractivity contribution >= 4 is 6.03 Å². The molecule has 0 bridgehead atoms. The van der Waals surface area contributed by atoms with Gasteiger partial charge in [-0.05, 0) is 38.5 Å². The monoisotopic (exact) mass is 310 g/mol. The molecule has 1 rings (SSSR count). The lowest BCUT2D eigenvalue weighted by atomic mass is 10.2. The first-order valence-electron chi connectivity index (χ1n) is 7.66. The van der Waals surface area contributed by atoms with Crippen LogP contribution in [-0.4, -0.2) is 38.7 Å². The molecule has 0 spiro atoms. The molecule has 6 nitrogen and oxygen atoms in total. The summed E-state index contributed by atoms with van der Waals surface area (Å²) in [4.78, 5) is 11.7. The van der Waals surface area contributed by atoms with Crippen LogP contribution in [0.25, 0.3) is 0 Å². The van der Waals surface area contributed by atoms with Crippen LogP contribution in [-0.2, 0) is 16.0 Å². The molecule has 0 aliphatic heterocycles. The molecule has 1 aromatic carbocycles. The molecule has 0 unspecified atom stereocenters. The average molecular weight is 310 g/mol. The van der Waals surface area contributed by atoms with E-state index in [4.69, 9.17) is 14.2 Å². The Labute approximate surface area is 132 Å². The summed E-state index contributed by atoms with van der Waals surface area (Å²) in [5.41, 5.74) is 1.00. The minimum absolute atomic E-state index is 0.252. The smallest absolute Gasteiger partial charge is 0.315 e. The van der Waals surface area contributed by atoms with Crippen molar-refractivity contribution in [2.45, 2.75) is 33.6 Å². The Balaban J connectivity index is 2.29.